The molecular weight excluding hydrogens is 565 g/mol. The number of hydrogen-bond donors (Lipinski definition) is 3. The zero-order valence-corrected chi connectivity index (χ0v) is 24.9. The molecule has 3 amide bonds. The van der Waals surface area contributed by atoms with E-state index < -0.39 is 43.7 Å². The van der Waals surface area contributed by atoms with Gasteiger partial charge in [-0.2, -0.15) is 0 Å². The lowest BCUT2D eigenvalue weighted by Crippen LogP contribution is -2.60. The van der Waals surface area contributed by atoms with E-state index >= 15 is 0 Å². The average Bonchev–Trinajstić information content (AvgIpc) is 3.46. The van der Waals surface area contributed by atoms with Crippen molar-refractivity contribution in [1.82, 2.24) is 20.1 Å². The van der Waals surface area contributed by atoms with E-state index in [4.69, 9.17) is 9.47 Å². The van der Waals surface area contributed by atoms with Gasteiger partial charge >= 0.3 is 13.7 Å². The van der Waals surface area contributed by atoms with Crippen LogP contribution in [0.25, 0.3) is 11.3 Å². The summed E-state index contributed by atoms with van der Waals surface area (Å²) >= 11 is 0. The van der Waals surface area contributed by atoms with Crippen molar-refractivity contribution in [2.24, 2.45) is 0 Å². The normalized spacial score (nSPS) is 19.9. The van der Waals surface area contributed by atoms with Crippen LogP contribution in [0.3, 0.4) is 0 Å². The van der Waals surface area contributed by atoms with Gasteiger partial charge in [0.2, 0.25) is 5.91 Å². The van der Waals surface area contributed by atoms with Crippen molar-refractivity contribution < 1.29 is 38.2 Å². The van der Waals surface area contributed by atoms with E-state index in [2.05, 4.69) is 15.2 Å². The number of rotatable bonds is 9. The lowest BCUT2D eigenvalue weighted by molar-refractivity contribution is -0.137. The van der Waals surface area contributed by atoms with Gasteiger partial charge in [0.05, 0.1) is 24.6 Å². The number of ether oxygens (including phenoxy) is 2. The molecule has 0 aliphatic carbocycles. The highest BCUT2D eigenvalue weighted by Crippen LogP contribution is 2.36. The van der Waals surface area contributed by atoms with E-state index in [1.54, 1.807) is 27.0 Å². The number of benzene rings is 1. The Morgan fingerprint density at radius 3 is 2.48 bits per heavy atom. The second kappa shape index (κ2) is 13.6. The number of anilines is 1. The zero-order valence-electron chi connectivity index (χ0n) is 24.0. The number of amides is 3. The van der Waals surface area contributed by atoms with Crippen LogP contribution in [0.1, 0.15) is 30.8 Å². The Bertz CT molecular complexity index is 1320. The average molecular weight is 604 g/mol. The van der Waals surface area contributed by atoms with Crippen LogP contribution in [0.4, 0.5) is 10.5 Å². The minimum absolute atomic E-state index is 0.0101. The van der Waals surface area contributed by atoms with Gasteiger partial charge < -0.3 is 39.3 Å². The van der Waals surface area contributed by atoms with Crippen molar-refractivity contribution in [1.29, 1.82) is 0 Å². The highest BCUT2D eigenvalue weighted by atomic mass is 31.2. The number of methoxy groups -OCH3 is 1. The predicted molar refractivity (Wildman–Crippen MR) is 155 cm³/mol. The number of piperazine rings is 1. The van der Waals surface area contributed by atoms with Gasteiger partial charge in [-0.05, 0) is 32.4 Å². The van der Waals surface area contributed by atoms with Crippen LogP contribution in [-0.2, 0) is 18.8 Å². The fraction of sp³-hybridized carbons (Fsp3) is 0.500. The molecule has 3 N–H and O–H groups in total. The summed E-state index contributed by atoms with van der Waals surface area (Å²) in [5.41, 5.74) is 2.08. The third kappa shape index (κ3) is 7.86. The molecule has 2 fully saturated rings. The first-order valence-electron chi connectivity index (χ1n) is 13.9. The van der Waals surface area contributed by atoms with Gasteiger partial charge in [0.25, 0.3) is 5.91 Å². The van der Waals surface area contributed by atoms with E-state index in [-0.39, 0.29) is 38.0 Å². The van der Waals surface area contributed by atoms with Crippen molar-refractivity contribution in [2.45, 2.75) is 38.5 Å². The number of aromatic nitrogens is 1. The fourth-order valence-corrected chi connectivity index (χ4v) is 5.97. The topological polar surface area (TPSA) is 162 Å². The first kappa shape index (κ1) is 31.4. The van der Waals surface area contributed by atoms with Gasteiger partial charge in [-0.25, -0.2) is 9.78 Å². The molecule has 3 atom stereocenters. The minimum atomic E-state index is -4.72. The van der Waals surface area contributed by atoms with Gasteiger partial charge in [-0.3, -0.25) is 14.2 Å². The summed E-state index contributed by atoms with van der Waals surface area (Å²) in [4.78, 5) is 68.4. The smallest absolute Gasteiger partial charge is 0.409 e. The molecule has 2 saturated heterocycles. The predicted octanol–water partition coefficient (Wildman–Crippen LogP) is 1.94. The maximum atomic E-state index is 13.6. The van der Waals surface area contributed by atoms with E-state index in [1.165, 1.54) is 9.80 Å². The lowest BCUT2D eigenvalue weighted by atomic mass is 10.1. The van der Waals surface area contributed by atoms with Gasteiger partial charge in [-0.1, -0.05) is 30.3 Å². The van der Waals surface area contributed by atoms with Crippen LogP contribution in [0.15, 0.2) is 42.5 Å². The molecule has 3 heterocycles. The monoisotopic (exact) mass is 603 g/mol. The summed E-state index contributed by atoms with van der Waals surface area (Å²) in [7, 11) is -3.06. The molecule has 2 aliphatic heterocycles. The Hall–Kier alpha value is -3.51. The van der Waals surface area contributed by atoms with Gasteiger partial charge in [0, 0.05) is 57.1 Å². The van der Waals surface area contributed by atoms with Crippen LogP contribution < -0.4 is 10.2 Å². The third-order valence-corrected chi connectivity index (χ3v) is 8.26. The summed E-state index contributed by atoms with van der Waals surface area (Å²) in [6.07, 6.45) is -0.504. The van der Waals surface area contributed by atoms with Crippen molar-refractivity contribution in [3.05, 3.63) is 48.2 Å². The summed E-state index contributed by atoms with van der Waals surface area (Å²) in [6, 6.07) is 10.8. The number of nitrogens with one attached hydrogen (secondary N) is 1. The Kier molecular flexibility index (Phi) is 10.2. The Morgan fingerprint density at radius 2 is 1.86 bits per heavy atom. The quantitative estimate of drug-likeness (QED) is 0.361. The van der Waals surface area contributed by atoms with Crippen LogP contribution >= 0.6 is 7.60 Å². The number of carbonyl (C=O) groups excluding carboxylic acids is 3. The van der Waals surface area contributed by atoms with Crippen molar-refractivity contribution in [3.63, 3.8) is 0 Å². The molecule has 2 aromatic rings. The van der Waals surface area contributed by atoms with E-state index in [0.29, 0.717) is 18.8 Å². The van der Waals surface area contributed by atoms with Crippen LogP contribution in [-0.4, -0.2) is 113 Å². The first-order chi connectivity index (χ1) is 20.0. The number of hydrogen-bond acceptors (Lipinski definition) is 8. The van der Waals surface area contributed by atoms with E-state index in [9.17, 15) is 28.7 Å². The van der Waals surface area contributed by atoms with Crippen molar-refractivity contribution in [3.8, 4) is 11.3 Å². The highest BCUT2D eigenvalue weighted by molar-refractivity contribution is 7.51. The van der Waals surface area contributed by atoms with E-state index in [1.807, 2.05) is 36.4 Å². The Labute approximate surface area is 244 Å². The second-order valence-corrected chi connectivity index (χ2v) is 12.1. The molecule has 228 valence electrons. The molecule has 0 radical (unpaired) electrons. The summed E-state index contributed by atoms with van der Waals surface area (Å²) in [5, 5.41) is 2.54. The van der Waals surface area contributed by atoms with Gasteiger partial charge in [0.1, 0.15) is 11.7 Å². The number of nitrogens with zero attached hydrogens (tertiary/aromatic N) is 4. The molecule has 13 nitrogen and oxygen atoms in total. The van der Waals surface area contributed by atoms with Gasteiger partial charge in [-0.15, -0.1) is 0 Å². The number of carbonyl (C=O) groups is 3. The van der Waals surface area contributed by atoms with Crippen LogP contribution in [0, 0.1) is 0 Å². The molecule has 2 aliphatic rings. The molecule has 0 saturated carbocycles. The molecule has 4 rings (SSSR count). The summed E-state index contributed by atoms with van der Waals surface area (Å²) in [6.45, 7) is 5.48. The van der Waals surface area contributed by atoms with E-state index in [0.717, 1.165) is 17.7 Å². The standard InChI is InChI=1S/C28H38N5O8P/c1-4-41-28(36)32-12-13-33(19(2)16-32)27(35)25(18-42(37,38)39)30-26(34)24-15-21(31-11-10-22(17-31)40-3)14-23(29-24)20-8-6-5-7-9-20/h5-9,14-15,19,22,25H,4,10-13,16-18H2,1-3H3,(H,30,34)(H2,37,38,39)/t19?,22-,25-/m0/s1. The largest absolute Gasteiger partial charge is 0.450 e. The summed E-state index contributed by atoms with van der Waals surface area (Å²) < 4.78 is 22.6. The van der Waals surface area contributed by atoms with Crippen LogP contribution in [0.5, 0.6) is 0 Å². The maximum absolute atomic E-state index is 13.6. The second-order valence-electron chi connectivity index (χ2n) is 10.5. The molecule has 1 aromatic heterocycles. The molecule has 1 aromatic carbocycles. The molecule has 0 bridgehead atoms. The summed E-state index contributed by atoms with van der Waals surface area (Å²) in [5.74, 6) is -1.38. The van der Waals surface area contributed by atoms with Crippen LogP contribution in [0.2, 0.25) is 0 Å². The maximum Gasteiger partial charge on any atom is 0.409 e. The molecule has 1 unspecified atom stereocenters. The van der Waals surface area contributed by atoms with Gasteiger partial charge in [0.15, 0.2) is 0 Å². The van der Waals surface area contributed by atoms with Crippen molar-refractivity contribution in [2.75, 3.05) is 57.5 Å². The Morgan fingerprint density at radius 1 is 1.12 bits per heavy atom. The van der Waals surface area contributed by atoms with Crippen molar-refractivity contribution >= 4 is 31.2 Å². The molecular formula is C28H38N5O8P. The molecule has 14 heteroatoms. The zero-order chi connectivity index (χ0) is 30.4. The molecule has 42 heavy (non-hydrogen) atoms. The lowest BCUT2D eigenvalue weighted by Gasteiger charge is -2.40. The third-order valence-electron chi connectivity index (χ3n) is 7.42. The fourth-order valence-electron chi connectivity index (χ4n) is 5.25. The molecule has 0 spiro atoms. The SMILES string of the molecule is CCOC(=O)N1CCN(C(=O)[C@H](CP(=O)(O)O)NC(=O)c2cc(N3CC[C@H](OC)C3)cc(-c3ccccc3)n2)C(C)C1. The minimum Gasteiger partial charge on any atom is -0.450 e. The highest BCUT2D eigenvalue weighted by Gasteiger charge is 2.37. The number of pyridine rings is 1. The Balaban J connectivity index is 1.59. The first-order valence-corrected chi connectivity index (χ1v) is 15.7.